The second kappa shape index (κ2) is 12.9. The average Bonchev–Trinajstić information content (AvgIpc) is 2.17. The smallest absolute Gasteiger partial charge is 0.306 e. The molecule has 0 radical (unpaired) electrons. The van der Waals surface area contributed by atoms with Gasteiger partial charge in [-0.25, -0.2) is 0 Å². The van der Waals surface area contributed by atoms with Crippen molar-refractivity contribution in [3.05, 3.63) is 0 Å². The van der Waals surface area contributed by atoms with Crippen LogP contribution < -0.4 is 0 Å². The van der Waals surface area contributed by atoms with Crippen LogP contribution in [0.25, 0.3) is 0 Å². The fourth-order valence-electron chi connectivity index (χ4n) is 0.646. The third-order valence-corrected chi connectivity index (χ3v) is 1.26. The van der Waals surface area contributed by atoms with E-state index in [4.69, 9.17) is 9.84 Å². The first-order valence-corrected chi connectivity index (χ1v) is 5.03. The van der Waals surface area contributed by atoms with Crippen LogP contribution in [0.5, 0.6) is 0 Å². The SMILES string of the molecule is CCOC(=O)CCC(=O)O.CCOCC. The van der Waals surface area contributed by atoms with E-state index in [1.54, 1.807) is 6.92 Å². The molecule has 0 saturated carbocycles. The fraction of sp³-hybridized carbons (Fsp3) is 0.800. The Labute approximate surface area is 90.4 Å². The van der Waals surface area contributed by atoms with Crippen LogP contribution in [-0.2, 0) is 19.1 Å². The van der Waals surface area contributed by atoms with Crippen LogP contribution in [0.2, 0.25) is 0 Å². The first-order chi connectivity index (χ1) is 7.08. The normalized spacial score (nSPS) is 8.73. The largest absolute Gasteiger partial charge is 0.481 e. The summed E-state index contributed by atoms with van der Waals surface area (Å²) in [5.74, 6) is -1.43. The van der Waals surface area contributed by atoms with E-state index in [2.05, 4.69) is 4.74 Å². The number of carbonyl (C=O) groups is 2. The molecule has 90 valence electrons. The third-order valence-electron chi connectivity index (χ3n) is 1.26. The number of carboxylic acids is 1. The van der Waals surface area contributed by atoms with Crippen molar-refractivity contribution in [1.29, 1.82) is 0 Å². The minimum atomic E-state index is -0.979. The van der Waals surface area contributed by atoms with E-state index in [1.807, 2.05) is 13.8 Å². The van der Waals surface area contributed by atoms with Gasteiger partial charge in [0.2, 0.25) is 0 Å². The zero-order chi connectivity index (χ0) is 12.1. The standard InChI is InChI=1S/C6H10O4.C4H10O/c1-2-10-6(9)4-3-5(7)8;1-3-5-4-2/h2-4H2,1H3,(H,7,8);3-4H2,1-2H3. The Morgan fingerprint density at radius 2 is 1.53 bits per heavy atom. The lowest BCUT2D eigenvalue weighted by atomic mass is 10.3. The van der Waals surface area contributed by atoms with Crippen LogP contribution >= 0.6 is 0 Å². The van der Waals surface area contributed by atoms with Crippen LogP contribution in [0.1, 0.15) is 33.6 Å². The summed E-state index contributed by atoms with van der Waals surface area (Å²) in [5.41, 5.74) is 0. The van der Waals surface area contributed by atoms with Gasteiger partial charge in [0, 0.05) is 13.2 Å². The zero-order valence-electron chi connectivity index (χ0n) is 9.62. The monoisotopic (exact) mass is 220 g/mol. The minimum Gasteiger partial charge on any atom is -0.481 e. The minimum absolute atomic E-state index is 0.0385. The number of carbonyl (C=O) groups excluding carboxylic acids is 1. The maximum atomic E-state index is 10.5. The van der Waals surface area contributed by atoms with E-state index in [0.717, 1.165) is 13.2 Å². The van der Waals surface area contributed by atoms with E-state index in [1.165, 1.54) is 0 Å². The van der Waals surface area contributed by atoms with Crippen molar-refractivity contribution < 1.29 is 24.2 Å². The number of carboxylic acid groups (broad SMARTS) is 1. The van der Waals surface area contributed by atoms with Gasteiger partial charge in [-0.15, -0.1) is 0 Å². The highest BCUT2D eigenvalue weighted by atomic mass is 16.5. The highest BCUT2D eigenvalue weighted by Gasteiger charge is 2.04. The topological polar surface area (TPSA) is 72.8 Å². The average molecular weight is 220 g/mol. The molecule has 0 aromatic rings. The molecule has 0 fully saturated rings. The Balaban J connectivity index is 0. The maximum Gasteiger partial charge on any atom is 0.306 e. The van der Waals surface area contributed by atoms with Gasteiger partial charge in [0.15, 0.2) is 0 Å². The summed E-state index contributed by atoms with van der Waals surface area (Å²) in [7, 11) is 0. The van der Waals surface area contributed by atoms with E-state index < -0.39 is 11.9 Å². The molecule has 1 N–H and O–H groups in total. The summed E-state index contributed by atoms with van der Waals surface area (Å²) < 4.78 is 9.32. The van der Waals surface area contributed by atoms with Crippen molar-refractivity contribution in [2.24, 2.45) is 0 Å². The molecule has 0 heterocycles. The van der Waals surface area contributed by atoms with E-state index >= 15 is 0 Å². The Hall–Kier alpha value is -1.10. The Morgan fingerprint density at radius 1 is 1.00 bits per heavy atom. The molecule has 15 heavy (non-hydrogen) atoms. The fourth-order valence-corrected chi connectivity index (χ4v) is 0.646. The van der Waals surface area contributed by atoms with Crippen molar-refractivity contribution >= 4 is 11.9 Å². The molecule has 0 saturated heterocycles. The molecule has 5 nitrogen and oxygen atoms in total. The van der Waals surface area contributed by atoms with Crippen molar-refractivity contribution in [3.63, 3.8) is 0 Å². The molecule has 0 bridgehead atoms. The number of hydrogen-bond acceptors (Lipinski definition) is 4. The van der Waals surface area contributed by atoms with Gasteiger partial charge in [-0.05, 0) is 20.8 Å². The molecule has 0 rings (SSSR count). The van der Waals surface area contributed by atoms with Crippen LogP contribution in [0.15, 0.2) is 0 Å². The lowest BCUT2D eigenvalue weighted by Crippen LogP contribution is -2.06. The first kappa shape index (κ1) is 16.3. The predicted octanol–water partition coefficient (Wildman–Crippen LogP) is 1.46. The number of hydrogen-bond donors (Lipinski definition) is 1. The summed E-state index contributed by atoms with van der Waals surface area (Å²) in [5, 5.41) is 8.12. The van der Waals surface area contributed by atoms with Gasteiger partial charge in [-0.2, -0.15) is 0 Å². The van der Waals surface area contributed by atoms with Gasteiger partial charge >= 0.3 is 11.9 Å². The molecular formula is C10H20O5. The molecule has 0 aromatic heterocycles. The van der Waals surface area contributed by atoms with Crippen LogP contribution in [0.4, 0.5) is 0 Å². The van der Waals surface area contributed by atoms with Gasteiger partial charge in [-0.1, -0.05) is 0 Å². The van der Waals surface area contributed by atoms with Crippen molar-refractivity contribution in [3.8, 4) is 0 Å². The number of aliphatic carboxylic acids is 1. The highest BCUT2D eigenvalue weighted by Crippen LogP contribution is 1.91. The number of ether oxygens (including phenoxy) is 2. The summed E-state index contributed by atoms with van der Waals surface area (Å²) >= 11 is 0. The molecule has 5 heteroatoms. The lowest BCUT2D eigenvalue weighted by Gasteiger charge is -1.97. The second-order valence-electron chi connectivity index (χ2n) is 2.48. The highest BCUT2D eigenvalue weighted by molar-refractivity contribution is 5.76. The molecule has 0 aliphatic rings. The van der Waals surface area contributed by atoms with Gasteiger partial charge in [0.1, 0.15) is 0 Å². The van der Waals surface area contributed by atoms with Crippen LogP contribution in [0, 0.1) is 0 Å². The molecular weight excluding hydrogens is 200 g/mol. The quantitative estimate of drug-likeness (QED) is 0.686. The molecule has 0 atom stereocenters. The van der Waals surface area contributed by atoms with Gasteiger partial charge in [0.05, 0.1) is 19.4 Å². The maximum absolute atomic E-state index is 10.5. The van der Waals surface area contributed by atoms with E-state index in [-0.39, 0.29) is 12.8 Å². The Kier molecular flexibility index (Phi) is 14.0. The van der Waals surface area contributed by atoms with Crippen LogP contribution in [-0.4, -0.2) is 36.9 Å². The first-order valence-electron chi connectivity index (χ1n) is 5.03. The molecule has 0 spiro atoms. The van der Waals surface area contributed by atoms with E-state index in [0.29, 0.717) is 6.61 Å². The predicted molar refractivity (Wildman–Crippen MR) is 55.7 cm³/mol. The van der Waals surface area contributed by atoms with Crippen molar-refractivity contribution in [2.45, 2.75) is 33.6 Å². The van der Waals surface area contributed by atoms with Crippen LogP contribution in [0.3, 0.4) is 0 Å². The summed E-state index contributed by atoms with van der Waals surface area (Å²) in [6.45, 7) is 7.65. The molecule has 0 aliphatic heterocycles. The number of rotatable bonds is 6. The van der Waals surface area contributed by atoms with Gasteiger partial charge in [-0.3, -0.25) is 9.59 Å². The summed E-state index contributed by atoms with van der Waals surface area (Å²) in [4.78, 5) is 20.4. The molecule has 0 unspecified atom stereocenters. The Morgan fingerprint density at radius 3 is 1.80 bits per heavy atom. The Bertz CT molecular complexity index is 165. The van der Waals surface area contributed by atoms with Crippen molar-refractivity contribution in [2.75, 3.05) is 19.8 Å². The molecule has 0 aliphatic carbocycles. The van der Waals surface area contributed by atoms with Crippen molar-refractivity contribution in [1.82, 2.24) is 0 Å². The molecule has 0 aromatic carbocycles. The third kappa shape index (κ3) is 19.3. The van der Waals surface area contributed by atoms with Gasteiger partial charge < -0.3 is 14.6 Å². The molecule has 0 amide bonds. The zero-order valence-corrected chi connectivity index (χ0v) is 9.62. The van der Waals surface area contributed by atoms with Gasteiger partial charge in [0.25, 0.3) is 0 Å². The van der Waals surface area contributed by atoms with E-state index in [9.17, 15) is 9.59 Å². The number of esters is 1. The summed E-state index contributed by atoms with van der Waals surface area (Å²) in [6.07, 6.45) is -0.192. The summed E-state index contributed by atoms with van der Waals surface area (Å²) in [6, 6.07) is 0. The second-order valence-corrected chi connectivity index (χ2v) is 2.48. The lowest BCUT2D eigenvalue weighted by molar-refractivity contribution is -0.147.